The first-order valence-corrected chi connectivity index (χ1v) is 10.1. The van der Waals surface area contributed by atoms with Crippen LogP contribution in [0.3, 0.4) is 0 Å². The van der Waals surface area contributed by atoms with E-state index in [1.54, 1.807) is 25.7 Å². The second kappa shape index (κ2) is 10.3. The van der Waals surface area contributed by atoms with Crippen LogP contribution in [-0.4, -0.2) is 59.5 Å². The minimum Gasteiger partial charge on any atom is -0.460 e. The van der Waals surface area contributed by atoms with Crippen molar-refractivity contribution in [3.05, 3.63) is 35.9 Å². The third-order valence-electron chi connectivity index (χ3n) is 4.69. The zero-order valence-electron chi connectivity index (χ0n) is 17.8. The van der Waals surface area contributed by atoms with E-state index in [2.05, 4.69) is 0 Å². The second-order valence-corrected chi connectivity index (χ2v) is 8.34. The molecule has 0 aromatic heterocycles. The largest absolute Gasteiger partial charge is 0.460 e. The molecule has 29 heavy (non-hydrogen) atoms. The van der Waals surface area contributed by atoms with Gasteiger partial charge < -0.3 is 14.4 Å². The molecule has 1 atom stereocenters. The highest BCUT2D eigenvalue weighted by Gasteiger charge is 2.35. The van der Waals surface area contributed by atoms with Gasteiger partial charge in [0.2, 0.25) is 5.91 Å². The third-order valence-corrected chi connectivity index (χ3v) is 4.69. The van der Waals surface area contributed by atoms with Crippen molar-refractivity contribution in [3.63, 3.8) is 0 Å². The van der Waals surface area contributed by atoms with E-state index in [0.29, 0.717) is 13.1 Å². The van der Waals surface area contributed by atoms with Crippen molar-refractivity contribution < 1.29 is 23.9 Å². The average molecular weight is 405 g/mol. The molecule has 1 aromatic carbocycles. The molecule has 0 aliphatic carbocycles. The highest BCUT2D eigenvalue weighted by Crippen LogP contribution is 2.17. The maximum Gasteiger partial charge on any atom is 0.410 e. The SMILES string of the molecule is CN(C(=O)OCc1ccccc1)C(CC(=O)OC(C)(C)C)C(=O)N1CCCCC1. The lowest BCUT2D eigenvalue weighted by atomic mass is 10.1. The fourth-order valence-corrected chi connectivity index (χ4v) is 3.20. The van der Waals surface area contributed by atoms with Gasteiger partial charge in [-0.05, 0) is 45.6 Å². The van der Waals surface area contributed by atoms with Crippen molar-refractivity contribution in [3.8, 4) is 0 Å². The summed E-state index contributed by atoms with van der Waals surface area (Å²) in [5.74, 6) is -0.759. The Labute approximate surface area is 172 Å². The molecule has 1 aliphatic heterocycles. The normalized spacial score (nSPS) is 15.4. The Bertz CT molecular complexity index is 693. The number of carbonyl (C=O) groups is 3. The van der Waals surface area contributed by atoms with E-state index in [9.17, 15) is 14.4 Å². The van der Waals surface area contributed by atoms with Crippen LogP contribution in [-0.2, 0) is 25.7 Å². The average Bonchev–Trinajstić information content (AvgIpc) is 2.69. The van der Waals surface area contributed by atoms with Gasteiger partial charge >= 0.3 is 12.1 Å². The van der Waals surface area contributed by atoms with Crippen LogP contribution < -0.4 is 0 Å². The number of esters is 1. The Kier molecular flexibility index (Phi) is 8.05. The van der Waals surface area contributed by atoms with Gasteiger partial charge in [-0.2, -0.15) is 0 Å². The van der Waals surface area contributed by atoms with E-state index >= 15 is 0 Å². The summed E-state index contributed by atoms with van der Waals surface area (Å²) < 4.78 is 10.7. The molecule has 1 heterocycles. The topological polar surface area (TPSA) is 76.1 Å². The number of carbonyl (C=O) groups excluding carboxylic acids is 3. The van der Waals surface area contributed by atoms with Gasteiger partial charge in [-0.3, -0.25) is 14.5 Å². The van der Waals surface area contributed by atoms with Crippen LogP contribution in [0.25, 0.3) is 0 Å². The minimum absolute atomic E-state index is 0.0983. The molecular formula is C22H32N2O5. The van der Waals surface area contributed by atoms with Crippen LogP contribution in [0.1, 0.15) is 52.0 Å². The van der Waals surface area contributed by atoms with E-state index in [4.69, 9.17) is 9.47 Å². The maximum atomic E-state index is 13.1. The summed E-state index contributed by atoms with van der Waals surface area (Å²) in [6, 6.07) is 8.35. The smallest absolute Gasteiger partial charge is 0.410 e. The molecule has 1 aliphatic rings. The standard InChI is InChI=1S/C22H32N2O5/c1-22(2,3)29-19(25)15-18(20(26)24-13-9-6-10-14-24)23(4)21(27)28-16-17-11-7-5-8-12-17/h5,7-8,11-12,18H,6,9-10,13-16H2,1-4H3. The lowest BCUT2D eigenvalue weighted by Gasteiger charge is -2.34. The van der Waals surface area contributed by atoms with Gasteiger partial charge in [0.25, 0.3) is 0 Å². The van der Waals surface area contributed by atoms with E-state index in [0.717, 1.165) is 24.8 Å². The monoisotopic (exact) mass is 404 g/mol. The quantitative estimate of drug-likeness (QED) is 0.680. The molecule has 7 nitrogen and oxygen atoms in total. The number of rotatable bonds is 6. The molecule has 1 unspecified atom stereocenters. The Balaban J connectivity index is 2.07. The highest BCUT2D eigenvalue weighted by molar-refractivity contribution is 5.89. The van der Waals surface area contributed by atoms with Crippen molar-refractivity contribution in [2.75, 3.05) is 20.1 Å². The number of ether oxygens (including phenoxy) is 2. The molecule has 2 rings (SSSR count). The molecular weight excluding hydrogens is 372 g/mol. The summed E-state index contributed by atoms with van der Waals surface area (Å²) >= 11 is 0. The number of hydrogen-bond donors (Lipinski definition) is 0. The van der Waals surface area contributed by atoms with Crippen molar-refractivity contribution in [2.45, 2.75) is 64.7 Å². The first-order valence-electron chi connectivity index (χ1n) is 10.1. The molecule has 1 fully saturated rings. The van der Waals surface area contributed by atoms with Crippen molar-refractivity contribution in [1.82, 2.24) is 9.80 Å². The Morgan fingerprint density at radius 2 is 1.69 bits per heavy atom. The summed E-state index contributed by atoms with van der Waals surface area (Å²) in [7, 11) is 1.49. The minimum atomic E-state index is -0.953. The van der Waals surface area contributed by atoms with Crippen LogP contribution in [0.5, 0.6) is 0 Å². The van der Waals surface area contributed by atoms with Gasteiger partial charge in [-0.25, -0.2) is 4.79 Å². The van der Waals surface area contributed by atoms with E-state index in [-0.39, 0.29) is 18.9 Å². The first-order chi connectivity index (χ1) is 13.7. The van der Waals surface area contributed by atoms with Crippen LogP contribution in [0, 0.1) is 0 Å². The molecule has 1 aromatic rings. The van der Waals surface area contributed by atoms with E-state index in [1.165, 1.54) is 11.9 Å². The predicted molar refractivity (Wildman–Crippen MR) is 109 cm³/mol. The third kappa shape index (κ3) is 7.40. The van der Waals surface area contributed by atoms with Gasteiger partial charge in [0.05, 0.1) is 6.42 Å². The number of nitrogens with zero attached hydrogens (tertiary/aromatic N) is 2. The summed E-state index contributed by atoms with van der Waals surface area (Å²) in [5.41, 5.74) is 0.183. The van der Waals surface area contributed by atoms with Crippen LogP contribution in [0.15, 0.2) is 30.3 Å². The van der Waals surface area contributed by atoms with Gasteiger partial charge in [0.1, 0.15) is 18.2 Å². The molecule has 0 radical (unpaired) electrons. The second-order valence-electron chi connectivity index (χ2n) is 8.34. The summed E-state index contributed by atoms with van der Waals surface area (Å²) in [6.45, 7) is 6.67. The first kappa shape index (κ1) is 22.7. The van der Waals surface area contributed by atoms with Crippen molar-refractivity contribution in [2.24, 2.45) is 0 Å². The van der Waals surface area contributed by atoms with Crippen molar-refractivity contribution >= 4 is 18.0 Å². The molecule has 7 heteroatoms. The number of likely N-dealkylation sites (tertiary alicyclic amines) is 1. The summed E-state index contributed by atoms with van der Waals surface area (Å²) in [5, 5.41) is 0. The van der Waals surface area contributed by atoms with Gasteiger partial charge in [0, 0.05) is 20.1 Å². The zero-order chi connectivity index (χ0) is 21.4. The molecule has 0 N–H and O–H groups in total. The lowest BCUT2D eigenvalue weighted by molar-refractivity contribution is -0.158. The molecule has 0 spiro atoms. The number of hydrogen-bond acceptors (Lipinski definition) is 5. The summed E-state index contributed by atoms with van der Waals surface area (Å²) in [4.78, 5) is 41.0. The number of likely N-dealkylation sites (N-methyl/N-ethyl adjacent to an activating group) is 1. The Morgan fingerprint density at radius 1 is 1.07 bits per heavy atom. The lowest BCUT2D eigenvalue weighted by Crippen LogP contribution is -2.52. The fraction of sp³-hybridized carbons (Fsp3) is 0.591. The molecule has 0 saturated carbocycles. The van der Waals surface area contributed by atoms with Crippen LogP contribution >= 0.6 is 0 Å². The van der Waals surface area contributed by atoms with Crippen molar-refractivity contribution in [1.29, 1.82) is 0 Å². The Hall–Kier alpha value is -2.57. The maximum absolute atomic E-state index is 13.1. The molecule has 0 bridgehead atoms. The van der Waals surface area contributed by atoms with Crippen LogP contribution in [0.2, 0.25) is 0 Å². The number of amides is 2. The van der Waals surface area contributed by atoms with E-state index in [1.807, 2.05) is 30.3 Å². The molecule has 160 valence electrons. The van der Waals surface area contributed by atoms with E-state index < -0.39 is 23.7 Å². The zero-order valence-corrected chi connectivity index (χ0v) is 17.8. The highest BCUT2D eigenvalue weighted by atomic mass is 16.6. The van der Waals surface area contributed by atoms with Gasteiger partial charge in [-0.15, -0.1) is 0 Å². The fourth-order valence-electron chi connectivity index (χ4n) is 3.20. The number of piperidine rings is 1. The molecule has 2 amide bonds. The van der Waals surface area contributed by atoms with Gasteiger partial charge in [-0.1, -0.05) is 30.3 Å². The Morgan fingerprint density at radius 3 is 2.28 bits per heavy atom. The summed E-state index contributed by atoms with van der Waals surface area (Å²) in [6.07, 6.45) is 2.08. The number of benzene rings is 1. The predicted octanol–water partition coefficient (Wildman–Crippen LogP) is 3.37. The molecule has 1 saturated heterocycles. The van der Waals surface area contributed by atoms with Crippen LogP contribution in [0.4, 0.5) is 4.79 Å². The van der Waals surface area contributed by atoms with Gasteiger partial charge in [0.15, 0.2) is 0 Å².